The van der Waals surface area contributed by atoms with Crippen LogP contribution in [0, 0.1) is 5.92 Å². The second-order valence-electron chi connectivity index (χ2n) is 4.99. The standard InChI is InChI=1S/C13H22N2O/c1-14-11-6-8-12(9-7-11)15-13(16)10-4-2-3-5-10/h2-3,10-12,14H,4-9H2,1H3,(H,15,16). The third kappa shape index (κ3) is 2.85. The van der Waals surface area contributed by atoms with Gasteiger partial charge in [0.15, 0.2) is 0 Å². The quantitative estimate of drug-likeness (QED) is 0.712. The van der Waals surface area contributed by atoms with Gasteiger partial charge in [-0.3, -0.25) is 4.79 Å². The van der Waals surface area contributed by atoms with Crippen molar-refractivity contribution < 1.29 is 4.79 Å². The second-order valence-corrected chi connectivity index (χ2v) is 4.99. The summed E-state index contributed by atoms with van der Waals surface area (Å²) in [4.78, 5) is 11.9. The molecular formula is C13H22N2O. The van der Waals surface area contributed by atoms with Gasteiger partial charge in [0, 0.05) is 18.0 Å². The van der Waals surface area contributed by atoms with E-state index in [0.717, 1.165) is 25.7 Å². The SMILES string of the molecule is CNC1CCC(NC(=O)C2CC=CC2)CC1. The lowest BCUT2D eigenvalue weighted by molar-refractivity contribution is -0.125. The van der Waals surface area contributed by atoms with E-state index in [2.05, 4.69) is 22.8 Å². The van der Waals surface area contributed by atoms with E-state index < -0.39 is 0 Å². The van der Waals surface area contributed by atoms with E-state index in [1.807, 2.05) is 7.05 Å². The zero-order valence-electron chi connectivity index (χ0n) is 10.0. The lowest BCUT2D eigenvalue weighted by Crippen LogP contribution is -2.43. The summed E-state index contributed by atoms with van der Waals surface area (Å²) in [7, 11) is 2.02. The average Bonchev–Trinajstić information content (AvgIpc) is 2.83. The summed E-state index contributed by atoms with van der Waals surface area (Å²) in [5.41, 5.74) is 0. The molecule has 0 saturated heterocycles. The molecule has 0 aliphatic heterocycles. The van der Waals surface area contributed by atoms with Crippen LogP contribution in [0.15, 0.2) is 12.2 Å². The number of amides is 1. The van der Waals surface area contributed by atoms with Gasteiger partial charge in [0.1, 0.15) is 0 Å². The van der Waals surface area contributed by atoms with Gasteiger partial charge in [-0.1, -0.05) is 12.2 Å². The molecule has 0 aromatic rings. The first kappa shape index (κ1) is 11.6. The summed E-state index contributed by atoms with van der Waals surface area (Å²) in [5.74, 6) is 0.472. The van der Waals surface area contributed by atoms with Gasteiger partial charge in [-0.2, -0.15) is 0 Å². The van der Waals surface area contributed by atoms with Gasteiger partial charge < -0.3 is 10.6 Å². The first-order chi connectivity index (χ1) is 7.79. The fourth-order valence-corrected chi connectivity index (χ4v) is 2.68. The highest BCUT2D eigenvalue weighted by molar-refractivity contribution is 5.79. The van der Waals surface area contributed by atoms with Crippen LogP contribution in [0.1, 0.15) is 38.5 Å². The molecule has 1 saturated carbocycles. The van der Waals surface area contributed by atoms with Crippen molar-refractivity contribution in [3.63, 3.8) is 0 Å². The van der Waals surface area contributed by atoms with Crippen molar-refractivity contribution in [1.82, 2.24) is 10.6 Å². The van der Waals surface area contributed by atoms with Crippen LogP contribution in [0.2, 0.25) is 0 Å². The molecule has 2 N–H and O–H groups in total. The molecule has 2 rings (SSSR count). The van der Waals surface area contributed by atoms with E-state index >= 15 is 0 Å². The largest absolute Gasteiger partial charge is 0.353 e. The van der Waals surface area contributed by atoms with Crippen LogP contribution in [0.5, 0.6) is 0 Å². The maximum absolute atomic E-state index is 11.9. The highest BCUT2D eigenvalue weighted by Crippen LogP contribution is 2.21. The van der Waals surface area contributed by atoms with E-state index in [4.69, 9.17) is 0 Å². The summed E-state index contributed by atoms with van der Waals surface area (Å²) >= 11 is 0. The summed E-state index contributed by atoms with van der Waals surface area (Å²) in [6, 6.07) is 1.07. The van der Waals surface area contributed by atoms with Crippen LogP contribution in [0.4, 0.5) is 0 Å². The van der Waals surface area contributed by atoms with Crippen LogP contribution in [0.25, 0.3) is 0 Å². The van der Waals surface area contributed by atoms with Gasteiger partial charge in [-0.15, -0.1) is 0 Å². The number of carbonyl (C=O) groups is 1. The van der Waals surface area contributed by atoms with Crippen molar-refractivity contribution in [1.29, 1.82) is 0 Å². The molecule has 0 aromatic heterocycles. The Hall–Kier alpha value is -0.830. The molecule has 0 unspecified atom stereocenters. The summed E-state index contributed by atoms with van der Waals surface area (Å²) in [5, 5.41) is 6.51. The first-order valence-corrected chi connectivity index (χ1v) is 6.42. The lowest BCUT2D eigenvalue weighted by Gasteiger charge is -2.29. The molecule has 2 aliphatic rings. The molecule has 16 heavy (non-hydrogen) atoms. The Morgan fingerprint density at radius 3 is 2.19 bits per heavy atom. The minimum Gasteiger partial charge on any atom is -0.353 e. The number of nitrogens with one attached hydrogen (secondary N) is 2. The van der Waals surface area contributed by atoms with E-state index in [1.165, 1.54) is 12.8 Å². The monoisotopic (exact) mass is 222 g/mol. The fraction of sp³-hybridized carbons (Fsp3) is 0.769. The van der Waals surface area contributed by atoms with Crippen molar-refractivity contribution in [2.75, 3.05) is 7.05 Å². The highest BCUT2D eigenvalue weighted by atomic mass is 16.1. The maximum atomic E-state index is 11.9. The molecular weight excluding hydrogens is 200 g/mol. The summed E-state index contributed by atoms with van der Waals surface area (Å²) < 4.78 is 0. The Morgan fingerprint density at radius 1 is 1.06 bits per heavy atom. The van der Waals surface area contributed by atoms with Crippen LogP contribution in [-0.4, -0.2) is 25.0 Å². The molecule has 0 aromatic carbocycles. The average molecular weight is 222 g/mol. The number of hydrogen-bond donors (Lipinski definition) is 2. The smallest absolute Gasteiger partial charge is 0.223 e. The Balaban J connectivity index is 1.72. The first-order valence-electron chi connectivity index (χ1n) is 6.42. The van der Waals surface area contributed by atoms with Crippen molar-refractivity contribution >= 4 is 5.91 Å². The van der Waals surface area contributed by atoms with Gasteiger partial charge in [0.05, 0.1) is 0 Å². The Labute approximate surface area is 97.7 Å². The van der Waals surface area contributed by atoms with Crippen molar-refractivity contribution in [2.24, 2.45) is 5.92 Å². The molecule has 3 nitrogen and oxygen atoms in total. The highest BCUT2D eigenvalue weighted by Gasteiger charge is 2.25. The molecule has 0 spiro atoms. The van der Waals surface area contributed by atoms with Crippen molar-refractivity contribution in [2.45, 2.75) is 50.6 Å². The zero-order chi connectivity index (χ0) is 11.4. The molecule has 90 valence electrons. The van der Waals surface area contributed by atoms with E-state index in [1.54, 1.807) is 0 Å². The fourth-order valence-electron chi connectivity index (χ4n) is 2.68. The Kier molecular flexibility index (Phi) is 3.99. The Morgan fingerprint density at radius 2 is 1.62 bits per heavy atom. The van der Waals surface area contributed by atoms with Gasteiger partial charge in [-0.25, -0.2) is 0 Å². The summed E-state index contributed by atoms with van der Waals surface area (Å²) in [6.07, 6.45) is 10.7. The van der Waals surface area contributed by atoms with Gasteiger partial charge in [-0.05, 0) is 45.6 Å². The van der Waals surface area contributed by atoms with E-state index in [-0.39, 0.29) is 11.8 Å². The van der Waals surface area contributed by atoms with E-state index in [0.29, 0.717) is 12.1 Å². The van der Waals surface area contributed by atoms with Gasteiger partial charge in [0.25, 0.3) is 0 Å². The maximum Gasteiger partial charge on any atom is 0.223 e. The van der Waals surface area contributed by atoms with Crippen LogP contribution in [-0.2, 0) is 4.79 Å². The number of hydrogen-bond acceptors (Lipinski definition) is 2. The lowest BCUT2D eigenvalue weighted by atomic mass is 9.91. The number of rotatable bonds is 3. The van der Waals surface area contributed by atoms with Gasteiger partial charge in [0.2, 0.25) is 5.91 Å². The third-order valence-electron chi connectivity index (χ3n) is 3.86. The van der Waals surface area contributed by atoms with Crippen LogP contribution < -0.4 is 10.6 Å². The molecule has 1 fully saturated rings. The normalized spacial score (nSPS) is 30.6. The number of carbonyl (C=O) groups excluding carboxylic acids is 1. The molecule has 3 heteroatoms. The summed E-state index contributed by atoms with van der Waals surface area (Å²) in [6.45, 7) is 0. The molecule has 1 amide bonds. The third-order valence-corrected chi connectivity index (χ3v) is 3.86. The van der Waals surface area contributed by atoms with Crippen LogP contribution in [0.3, 0.4) is 0 Å². The second kappa shape index (κ2) is 5.48. The Bertz CT molecular complexity index is 259. The predicted molar refractivity (Wildman–Crippen MR) is 65.1 cm³/mol. The molecule has 0 bridgehead atoms. The van der Waals surface area contributed by atoms with Crippen molar-refractivity contribution in [3.05, 3.63) is 12.2 Å². The van der Waals surface area contributed by atoms with E-state index in [9.17, 15) is 4.79 Å². The minimum atomic E-state index is 0.210. The molecule has 2 aliphatic carbocycles. The van der Waals surface area contributed by atoms with Crippen molar-refractivity contribution in [3.8, 4) is 0 Å². The molecule has 0 heterocycles. The topological polar surface area (TPSA) is 41.1 Å². The van der Waals surface area contributed by atoms with Crippen LogP contribution >= 0.6 is 0 Å². The minimum absolute atomic E-state index is 0.210. The number of allylic oxidation sites excluding steroid dienone is 2. The molecule has 0 radical (unpaired) electrons. The molecule has 0 atom stereocenters. The zero-order valence-corrected chi connectivity index (χ0v) is 10.0. The van der Waals surface area contributed by atoms with Gasteiger partial charge >= 0.3 is 0 Å². The predicted octanol–water partition coefficient (Wildman–Crippen LogP) is 1.60.